The normalized spacial score (nSPS) is 17.1. The van der Waals surface area contributed by atoms with Crippen LogP contribution < -0.4 is 25.3 Å². The van der Waals surface area contributed by atoms with E-state index in [1.54, 1.807) is 0 Å². The number of piperazine rings is 1. The number of aliphatic imine (C=N–C) groups is 1. The summed E-state index contributed by atoms with van der Waals surface area (Å²) in [6.45, 7) is 15.5. The summed E-state index contributed by atoms with van der Waals surface area (Å²) in [4.78, 5) is 12.5. The van der Waals surface area contributed by atoms with E-state index >= 15 is 0 Å². The average Bonchev–Trinajstić information content (AvgIpc) is 3.34. The summed E-state index contributed by atoms with van der Waals surface area (Å²) in [5, 5.41) is 7.24. The van der Waals surface area contributed by atoms with E-state index in [2.05, 4.69) is 151 Å². The van der Waals surface area contributed by atoms with Crippen LogP contribution in [0.4, 0.5) is 22.7 Å². The van der Waals surface area contributed by atoms with Crippen molar-refractivity contribution < 1.29 is 0 Å². The molecule has 3 aromatic rings. The highest BCUT2D eigenvalue weighted by atomic mass is 15.4. The minimum absolute atomic E-state index is 0.800. The predicted octanol–water partition coefficient (Wildman–Crippen LogP) is 8.21. The van der Waals surface area contributed by atoms with Gasteiger partial charge in [-0.25, -0.2) is 4.99 Å². The van der Waals surface area contributed by atoms with Gasteiger partial charge in [-0.15, -0.1) is 0 Å². The lowest BCUT2D eigenvalue weighted by Crippen LogP contribution is -2.43. The lowest BCUT2D eigenvalue weighted by atomic mass is 10.1. The standard InChI is InChI=1S/C37H46N6/c1-6-13-32(40-33-15-9-10-16-34(33)41-25-23-38-24-26-41)31(8-3)39-29(5)43-36-18-12-11-17-35(36)42(37(43)14-7-2)27-30-21-19-28(4)20-22-30/h8-22,38,40H,6-7,23-27H2,1-5H3/b31-8-,32-13?,37-14-,39-29?. The van der Waals surface area contributed by atoms with E-state index in [1.807, 2.05) is 0 Å². The molecule has 224 valence electrons. The van der Waals surface area contributed by atoms with Gasteiger partial charge in [-0.1, -0.05) is 80.1 Å². The molecule has 0 amide bonds. The maximum Gasteiger partial charge on any atom is 0.115 e. The van der Waals surface area contributed by atoms with Gasteiger partial charge in [0.1, 0.15) is 11.7 Å². The van der Waals surface area contributed by atoms with Crippen LogP contribution in [0.5, 0.6) is 0 Å². The number of hydrogen-bond acceptors (Lipinski definition) is 5. The van der Waals surface area contributed by atoms with Gasteiger partial charge in [0.2, 0.25) is 0 Å². The van der Waals surface area contributed by atoms with Gasteiger partial charge in [0.05, 0.1) is 34.1 Å². The minimum Gasteiger partial charge on any atom is -0.367 e. The number of benzene rings is 3. The van der Waals surface area contributed by atoms with E-state index in [1.165, 1.54) is 22.5 Å². The van der Waals surface area contributed by atoms with Crippen molar-refractivity contribution in [2.75, 3.05) is 46.2 Å². The molecule has 3 aromatic carbocycles. The Balaban J connectivity index is 1.47. The molecular formula is C37H46N6. The number of allylic oxidation sites excluding steroid dienone is 3. The van der Waals surface area contributed by atoms with Crippen molar-refractivity contribution in [1.29, 1.82) is 0 Å². The average molecular weight is 575 g/mol. The summed E-state index contributed by atoms with van der Waals surface area (Å²) in [7, 11) is 0. The highest BCUT2D eigenvalue weighted by Crippen LogP contribution is 2.43. The first kappa shape index (κ1) is 30.2. The fraction of sp³-hybridized carbons (Fsp3) is 0.324. The van der Waals surface area contributed by atoms with Crippen LogP contribution in [0.3, 0.4) is 0 Å². The lowest BCUT2D eigenvalue weighted by molar-refractivity contribution is 0.589. The first-order chi connectivity index (χ1) is 21.0. The van der Waals surface area contributed by atoms with Gasteiger partial charge < -0.3 is 20.4 Å². The van der Waals surface area contributed by atoms with E-state index in [-0.39, 0.29) is 0 Å². The van der Waals surface area contributed by atoms with Crippen LogP contribution in [-0.4, -0.2) is 32.0 Å². The minimum atomic E-state index is 0.800. The third-order valence-corrected chi connectivity index (χ3v) is 7.96. The fourth-order valence-corrected chi connectivity index (χ4v) is 5.85. The summed E-state index contributed by atoms with van der Waals surface area (Å²) >= 11 is 0. The third-order valence-electron chi connectivity index (χ3n) is 7.96. The molecule has 1 saturated heterocycles. The van der Waals surface area contributed by atoms with Crippen molar-refractivity contribution in [3.05, 3.63) is 119 Å². The van der Waals surface area contributed by atoms with Crippen molar-refractivity contribution in [3.63, 3.8) is 0 Å². The molecule has 2 N–H and O–H groups in total. The van der Waals surface area contributed by atoms with Crippen LogP contribution in [0, 0.1) is 6.92 Å². The Morgan fingerprint density at radius 1 is 0.884 bits per heavy atom. The molecule has 0 bridgehead atoms. The molecular weight excluding hydrogens is 528 g/mol. The third kappa shape index (κ3) is 6.86. The second kappa shape index (κ2) is 14.3. The van der Waals surface area contributed by atoms with E-state index in [9.17, 15) is 0 Å². The van der Waals surface area contributed by atoms with Crippen molar-refractivity contribution in [1.82, 2.24) is 5.32 Å². The molecule has 2 heterocycles. The summed E-state index contributed by atoms with van der Waals surface area (Å²) < 4.78 is 0. The van der Waals surface area contributed by atoms with Gasteiger partial charge in [0.25, 0.3) is 0 Å². The topological polar surface area (TPSA) is 46.1 Å². The second-order valence-electron chi connectivity index (χ2n) is 11.1. The van der Waals surface area contributed by atoms with Gasteiger partial charge in [-0.2, -0.15) is 0 Å². The zero-order chi connectivity index (χ0) is 30.2. The number of aryl methyl sites for hydroxylation is 1. The van der Waals surface area contributed by atoms with Gasteiger partial charge >= 0.3 is 0 Å². The Morgan fingerprint density at radius 3 is 2.23 bits per heavy atom. The molecule has 5 rings (SSSR count). The molecule has 2 aliphatic rings. The molecule has 0 saturated carbocycles. The van der Waals surface area contributed by atoms with Crippen molar-refractivity contribution >= 4 is 28.6 Å². The molecule has 43 heavy (non-hydrogen) atoms. The molecule has 0 atom stereocenters. The number of fused-ring (bicyclic) bond motifs is 1. The molecule has 0 aromatic heterocycles. The number of amidine groups is 1. The predicted molar refractivity (Wildman–Crippen MR) is 185 cm³/mol. The Hall–Kier alpha value is -4.29. The van der Waals surface area contributed by atoms with Gasteiger partial charge in [-0.05, 0) is 69.5 Å². The summed E-state index contributed by atoms with van der Waals surface area (Å²) in [5.74, 6) is 2.09. The maximum absolute atomic E-state index is 5.30. The number of nitrogens with zero attached hydrogens (tertiary/aromatic N) is 4. The van der Waals surface area contributed by atoms with Crippen LogP contribution >= 0.6 is 0 Å². The van der Waals surface area contributed by atoms with E-state index in [4.69, 9.17) is 4.99 Å². The SMILES string of the molecule is C/C=C(\N=C(C)N1/C(=C\CC)N(Cc2ccc(C)cc2)c2ccccc21)C(=CCC)Nc1ccccc1N1CCNCC1. The summed E-state index contributed by atoms with van der Waals surface area (Å²) in [6.07, 6.45) is 8.50. The lowest BCUT2D eigenvalue weighted by Gasteiger charge is -2.31. The number of para-hydroxylation sites is 4. The summed E-state index contributed by atoms with van der Waals surface area (Å²) in [5.41, 5.74) is 9.22. The van der Waals surface area contributed by atoms with Crippen LogP contribution in [0.1, 0.15) is 51.7 Å². The Labute approximate surface area is 258 Å². The van der Waals surface area contributed by atoms with Crippen LogP contribution in [0.15, 0.2) is 113 Å². The molecule has 1 fully saturated rings. The highest BCUT2D eigenvalue weighted by molar-refractivity contribution is 6.06. The molecule has 6 nitrogen and oxygen atoms in total. The van der Waals surface area contributed by atoms with Crippen LogP contribution in [0.25, 0.3) is 0 Å². The maximum atomic E-state index is 5.30. The van der Waals surface area contributed by atoms with Gasteiger partial charge in [0.15, 0.2) is 0 Å². The largest absolute Gasteiger partial charge is 0.367 e. The van der Waals surface area contributed by atoms with Gasteiger partial charge in [-0.3, -0.25) is 4.90 Å². The first-order valence-electron chi connectivity index (χ1n) is 15.7. The molecule has 6 heteroatoms. The highest BCUT2D eigenvalue weighted by Gasteiger charge is 2.32. The smallest absolute Gasteiger partial charge is 0.115 e. The van der Waals surface area contributed by atoms with Crippen molar-refractivity contribution in [2.24, 2.45) is 4.99 Å². The zero-order valence-electron chi connectivity index (χ0n) is 26.4. The number of hydrogen-bond donors (Lipinski definition) is 2. The van der Waals surface area contributed by atoms with E-state index in [0.29, 0.717) is 0 Å². The fourth-order valence-electron chi connectivity index (χ4n) is 5.85. The van der Waals surface area contributed by atoms with Crippen molar-refractivity contribution in [2.45, 2.75) is 54.0 Å². The Morgan fingerprint density at radius 2 is 1.56 bits per heavy atom. The second-order valence-corrected chi connectivity index (χ2v) is 11.1. The molecule has 0 aliphatic carbocycles. The Kier molecular flexibility index (Phi) is 10.0. The van der Waals surface area contributed by atoms with E-state index in [0.717, 1.165) is 80.0 Å². The number of nitrogens with one attached hydrogen (secondary N) is 2. The van der Waals surface area contributed by atoms with Gasteiger partial charge in [0, 0.05) is 32.7 Å². The number of rotatable bonds is 9. The molecule has 0 spiro atoms. The molecule has 0 radical (unpaired) electrons. The zero-order valence-corrected chi connectivity index (χ0v) is 26.4. The van der Waals surface area contributed by atoms with Crippen molar-refractivity contribution in [3.8, 4) is 0 Å². The first-order valence-corrected chi connectivity index (χ1v) is 15.7. The van der Waals surface area contributed by atoms with Crippen LogP contribution in [0.2, 0.25) is 0 Å². The summed E-state index contributed by atoms with van der Waals surface area (Å²) in [6, 6.07) is 26.1. The van der Waals surface area contributed by atoms with Crippen LogP contribution in [-0.2, 0) is 6.54 Å². The molecule has 2 aliphatic heterocycles. The Bertz CT molecular complexity index is 1510. The monoisotopic (exact) mass is 574 g/mol. The molecule has 0 unspecified atom stereocenters. The quantitative estimate of drug-likeness (QED) is 0.153. The van der Waals surface area contributed by atoms with E-state index < -0.39 is 0 Å². The number of anilines is 4.